The molecule has 0 spiro atoms. The molecule has 1 fully saturated rings. The van der Waals surface area contributed by atoms with Gasteiger partial charge in [0.25, 0.3) is 0 Å². The summed E-state index contributed by atoms with van der Waals surface area (Å²) in [7, 11) is 0. The Labute approximate surface area is 98.0 Å². The van der Waals surface area contributed by atoms with E-state index >= 15 is 0 Å². The van der Waals surface area contributed by atoms with Crippen LogP contribution in [0.1, 0.15) is 37.0 Å². The standard InChI is InChI=1S/C12H12ClFN2/c1-7(13)12-15-11-9(14)3-2-4-10(11)16(12)8-5-6-8/h2-4,7-8H,5-6H2,1H3. The molecule has 1 aliphatic carbocycles. The van der Waals surface area contributed by atoms with Gasteiger partial charge in [0.1, 0.15) is 11.3 Å². The molecule has 1 saturated carbocycles. The van der Waals surface area contributed by atoms with Crippen molar-refractivity contribution < 1.29 is 4.39 Å². The van der Waals surface area contributed by atoms with Crippen molar-refractivity contribution >= 4 is 22.6 Å². The van der Waals surface area contributed by atoms with Gasteiger partial charge in [0.2, 0.25) is 0 Å². The van der Waals surface area contributed by atoms with Gasteiger partial charge in [-0.15, -0.1) is 11.6 Å². The molecule has 0 radical (unpaired) electrons. The second kappa shape index (κ2) is 3.45. The molecule has 0 aliphatic heterocycles. The predicted octanol–water partition coefficient (Wildman–Crippen LogP) is 3.81. The van der Waals surface area contributed by atoms with E-state index in [0.29, 0.717) is 11.6 Å². The largest absolute Gasteiger partial charge is 0.324 e. The van der Waals surface area contributed by atoms with E-state index in [2.05, 4.69) is 9.55 Å². The van der Waals surface area contributed by atoms with E-state index < -0.39 is 0 Å². The number of imidazole rings is 1. The summed E-state index contributed by atoms with van der Waals surface area (Å²) in [5.74, 6) is 0.514. The van der Waals surface area contributed by atoms with Crippen molar-refractivity contribution in [2.75, 3.05) is 0 Å². The lowest BCUT2D eigenvalue weighted by Crippen LogP contribution is -2.01. The lowest BCUT2D eigenvalue weighted by molar-refractivity contribution is 0.637. The predicted molar refractivity (Wildman–Crippen MR) is 62.2 cm³/mol. The number of benzene rings is 1. The normalized spacial score (nSPS) is 17.9. The summed E-state index contributed by atoms with van der Waals surface area (Å²) in [6.07, 6.45) is 2.27. The maximum absolute atomic E-state index is 13.6. The van der Waals surface area contributed by atoms with Crippen LogP contribution in [0.25, 0.3) is 11.0 Å². The zero-order valence-electron chi connectivity index (χ0n) is 8.95. The lowest BCUT2D eigenvalue weighted by Gasteiger charge is -2.08. The summed E-state index contributed by atoms with van der Waals surface area (Å²) >= 11 is 6.10. The van der Waals surface area contributed by atoms with Crippen LogP contribution in [0.3, 0.4) is 0 Å². The highest BCUT2D eigenvalue weighted by molar-refractivity contribution is 6.20. The zero-order valence-corrected chi connectivity index (χ0v) is 9.71. The van der Waals surface area contributed by atoms with Gasteiger partial charge in [-0.05, 0) is 31.9 Å². The fraction of sp³-hybridized carbons (Fsp3) is 0.417. The number of alkyl halides is 1. The van der Waals surface area contributed by atoms with Crippen molar-refractivity contribution in [2.45, 2.75) is 31.2 Å². The first-order chi connectivity index (χ1) is 7.68. The molecule has 4 heteroatoms. The minimum atomic E-state index is -0.268. The van der Waals surface area contributed by atoms with Crippen molar-refractivity contribution in [2.24, 2.45) is 0 Å². The molecule has 1 atom stereocenters. The number of nitrogens with zero attached hydrogens (tertiary/aromatic N) is 2. The van der Waals surface area contributed by atoms with Crippen molar-refractivity contribution in [3.8, 4) is 0 Å². The Morgan fingerprint density at radius 3 is 2.88 bits per heavy atom. The van der Waals surface area contributed by atoms with Gasteiger partial charge in [-0.1, -0.05) is 6.07 Å². The average Bonchev–Trinajstić information content (AvgIpc) is 2.99. The quantitative estimate of drug-likeness (QED) is 0.728. The molecule has 3 rings (SSSR count). The molecule has 0 amide bonds. The van der Waals surface area contributed by atoms with E-state index in [1.54, 1.807) is 6.07 Å². The van der Waals surface area contributed by atoms with Crippen LogP contribution in [0, 0.1) is 5.82 Å². The van der Waals surface area contributed by atoms with Crippen molar-refractivity contribution in [3.63, 3.8) is 0 Å². The number of hydrogen-bond donors (Lipinski definition) is 0. The van der Waals surface area contributed by atoms with Crippen molar-refractivity contribution in [1.82, 2.24) is 9.55 Å². The van der Waals surface area contributed by atoms with E-state index in [0.717, 1.165) is 24.2 Å². The highest BCUT2D eigenvalue weighted by Crippen LogP contribution is 2.41. The topological polar surface area (TPSA) is 17.8 Å². The summed E-state index contributed by atoms with van der Waals surface area (Å²) in [5, 5.41) is -0.188. The van der Waals surface area contributed by atoms with Gasteiger partial charge < -0.3 is 4.57 Å². The third-order valence-electron chi connectivity index (χ3n) is 2.97. The number of fused-ring (bicyclic) bond motifs is 1. The van der Waals surface area contributed by atoms with Crippen LogP contribution in [-0.4, -0.2) is 9.55 Å². The Morgan fingerprint density at radius 2 is 2.25 bits per heavy atom. The van der Waals surface area contributed by atoms with Crippen molar-refractivity contribution in [1.29, 1.82) is 0 Å². The average molecular weight is 239 g/mol. The summed E-state index contributed by atoms with van der Waals surface area (Å²) in [4.78, 5) is 4.33. The Morgan fingerprint density at radius 1 is 1.50 bits per heavy atom. The Kier molecular flexibility index (Phi) is 2.18. The van der Waals surface area contributed by atoms with Crippen LogP contribution in [0.15, 0.2) is 18.2 Å². The van der Waals surface area contributed by atoms with Crippen LogP contribution in [0.2, 0.25) is 0 Å². The summed E-state index contributed by atoms with van der Waals surface area (Å²) in [6, 6.07) is 5.53. The van der Waals surface area contributed by atoms with E-state index in [1.165, 1.54) is 6.07 Å². The third kappa shape index (κ3) is 1.42. The fourth-order valence-electron chi connectivity index (χ4n) is 2.10. The van der Waals surface area contributed by atoms with Gasteiger partial charge in [0, 0.05) is 6.04 Å². The van der Waals surface area contributed by atoms with Crippen molar-refractivity contribution in [3.05, 3.63) is 29.8 Å². The minimum absolute atomic E-state index is 0.188. The van der Waals surface area contributed by atoms with E-state index in [4.69, 9.17) is 11.6 Å². The smallest absolute Gasteiger partial charge is 0.151 e. The molecule has 1 aliphatic rings. The maximum atomic E-state index is 13.6. The first kappa shape index (κ1) is 10.1. The first-order valence-electron chi connectivity index (χ1n) is 5.49. The van der Waals surface area contributed by atoms with E-state index in [1.807, 2.05) is 13.0 Å². The summed E-state index contributed by atoms with van der Waals surface area (Å²) < 4.78 is 15.7. The molecular weight excluding hydrogens is 227 g/mol. The molecule has 2 aromatic rings. The second-order valence-corrected chi connectivity index (χ2v) is 4.95. The molecule has 1 aromatic heterocycles. The van der Waals surface area contributed by atoms with Gasteiger partial charge in [-0.3, -0.25) is 0 Å². The number of para-hydroxylation sites is 1. The van der Waals surface area contributed by atoms with Crippen LogP contribution in [0.5, 0.6) is 0 Å². The van der Waals surface area contributed by atoms with Crippen LogP contribution in [-0.2, 0) is 0 Å². The van der Waals surface area contributed by atoms with E-state index in [9.17, 15) is 4.39 Å². The van der Waals surface area contributed by atoms with Gasteiger partial charge in [0.05, 0.1) is 10.9 Å². The molecule has 84 valence electrons. The summed E-state index contributed by atoms with van der Waals surface area (Å²) in [5.41, 5.74) is 1.31. The Bertz CT molecular complexity index is 543. The van der Waals surface area contributed by atoms with Crippen LogP contribution >= 0.6 is 11.6 Å². The Balaban J connectivity index is 2.32. The van der Waals surface area contributed by atoms with Crippen LogP contribution < -0.4 is 0 Å². The molecule has 0 saturated heterocycles. The lowest BCUT2D eigenvalue weighted by atomic mass is 10.3. The molecule has 0 bridgehead atoms. The molecule has 0 N–H and O–H groups in total. The number of halogens is 2. The third-order valence-corrected chi connectivity index (χ3v) is 3.16. The Hall–Kier alpha value is -1.09. The summed E-state index contributed by atoms with van der Waals surface area (Å²) in [6.45, 7) is 1.87. The fourth-order valence-corrected chi connectivity index (χ4v) is 2.25. The number of hydrogen-bond acceptors (Lipinski definition) is 1. The number of aromatic nitrogens is 2. The van der Waals surface area contributed by atoms with Crippen LogP contribution in [0.4, 0.5) is 4.39 Å². The molecule has 1 unspecified atom stereocenters. The van der Waals surface area contributed by atoms with Gasteiger partial charge in [0.15, 0.2) is 5.82 Å². The van der Waals surface area contributed by atoms with Gasteiger partial charge in [-0.2, -0.15) is 0 Å². The monoisotopic (exact) mass is 238 g/mol. The van der Waals surface area contributed by atoms with Gasteiger partial charge in [-0.25, -0.2) is 9.37 Å². The highest BCUT2D eigenvalue weighted by Gasteiger charge is 2.29. The minimum Gasteiger partial charge on any atom is -0.324 e. The number of rotatable bonds is 2. The second-order valence-electron chi connectivity index (χ2n) is 4.29. The molecular formula is C12H12ClFN2. The molecule has 1 heterocycles. The molecule has 1 aromatic carbocycles. The first-order valence-corrected chi connectivity index (χ1v) is 5.92. The molecule has 2 nitrogen and oxygen atoms in total. The van der Waals surface area contributed by atoms with E-state index in [-0.39, 0.29) is 11.2 Å². The van der Waals surface area contributed by atoms with Gasteiger partial charge >= 0.3 is 0 Å². The zero-order chi connectivity index (χ0) is 11.3. The SMILES string of the molecule is CC(Cl)c1nc2c(F)cccc2n1C1CC1. The molecule has 16 heavy (non-hydrogen) atoms. The highest BCUT2D eigenvalue weighted by atomic mass is 35.5. The maximum Gasteiger partial charge on any atom is 0.151 e.